The van der Waals surface area contributed by atoms with Gasteiger partial charge in [0.1, 0.15) is 25.0 Å². The van der Waals surface area contributed by atoms with Crippen LogP contribution in [0.25, 0.3) is 0 Å². The maximum absolute atomic E-state index is 9.89. The van der Waals surface area contributed by atoms with Gasteiger partial charge in [-0.25, -0.2) is 0 Å². The summed E-state index contributed by atoms with van der Waals surface area (Å²) < 4.78 is 5.69. The number of hydrogen-bond donors (Lipinski definition) is 2. The van der Waals surface area contributed by atoms with Crippen molar-refractivity contribution in [3.05, 3.63) is 29.3 Å². The van der Waals surface area contributed by atoms with Gasteiger partial charge in [0.25, 0.3) is 0 Å². The maximum atomic E-state index is 9.89. The summed E-state index contributed by atoms with van der Waals surface area (Å²) in [5.74, 6) is 0.892. The zero-order valence-electron chi connectivity index (χ0n) is 12.1. The number of aliphatic hydroxyl groups excluding tert-OH is 1. The third-order valence-electron chi connectivity index (χ3n) is 3.97. The molecule has 1 aromatic carbocycles. The number of fused-ring (bicyclic) bond motifs is 1. The van der Waals surface area contributed by atoms with Crippen molar-refractivity contribution in [1.82, 2.24) is 0 Å². The molecular formula is C16H26NO2+. The molecule has 0 amide bonds. The van der Waals surface area contributed by atoms with Crippen molar-refractivity contribution in [2.24, 2.45) is 0 Å². The minimum absolute atomic E-state index is 0.381. The Morgan fingerprint density at radius 2 is 2.11 bits per heavy atom. The number of quaternary nitrogens is 1. The maximum Gasteiger partial charge on any atom is 0.137 e. The molecule has 3 heteroatoms. The van der Waals surface area contributed by atoms with Crippen LogP contribution in [0.3, 0.4) is 0 Å². The molecule has 0 bridgehead atoms. The Morgan fingerprint density at radius 3 is 2.89 bits per heavy atom. The number of ether oxygens (including phenoxy) is 1. The quantitative estimate of drug-likeness (QED) is 0.779. The van der Waals surface area contributed by atoms with Crippen LogP contribution in [0.15, 0.2) is 18.2 Å². The number of nitrogens with two attached hydrogens (primary N) is 1. The van der Waals surface area contributed by atoms with Crippen LogP contribution in [0, 0.1) is 0 Å². The Hall–Kier alpha value is -1.06. The molecule has 19 heavy (non-hydrogen) atoms. The molecule has 2 atom stereocenters. The van der Waals surface area contributed by atoms with Crippen molar-refractivity contribution >= 4 is 0 Å². The van der Waals surface area contributed by atoms with Crippen LogP contribution in [0.1, 0.15) is 37.8 Å². The summed E-state index contributed by atoms with van der Waals surface area (Å²) in [4.78, 5) is 0. The van der Waals surface area contributed by atoms with Gasteiger partial charge in [-0.2, -0.15) is 0 Å². The summed E-state index contributed by atoms with van der Waals surface area (Å²) in [6, 6.07) is 6.88. The highest BCUT2D eigenvalue weighted by atomic mass is 16.5. The van der Waals surface area contributed by atoms with Crippen LogP contribution in [-0.4, -0.2) is 30.4 Å². The van der Waals surface area contributed by atoms with Crippen molar-refractivity contribution in [2.75, 3.05) is 13.2 Å². The van der Waals surface area contributed by atoms with Crippen LogP contribution < -0.4 is 10.1 Å². The summed E-state index contributed by atoms with van der Waals surface area (Å²) in [7, 11) is 0. The third-order valence-corrected chi connectivity index (χ3v) is 3.97. The molecule has 1 aliphatic rings. The van der Waals surface area contributed by atoms with Crippen molar-refractivity contribution in [2.45, 2.75) is 51.7 Å². The van der Waals surface area contributed by atoms with E-state index in [1.54, 1.807) is 0 Å². The van der Waals surface area contributed by atoms with E-state index in [1.807, 2.05) is 6.07 Å². The van der Waals surface area contributed by atoms with Gasteiger partial charge in [0, 0.05) is 0 Å². The molecule has 0 radical (unpaired) electrons. The molecule has 0 heterocycles. The number of benzene rings is 1. The second-order valence-corrected chi connectivity index (χ2v) is 5.61. The number of rotatable bonds is 7. The minimum Gasteiger partial charge on any atom is -0.491 e. The Labute approximate surface area is 116 Å². The van der Waals surface area contributed by atoms with E-state index in [9.17, 15) is 5.11 Å². The molecule has 0 spiro atoms. The van der Waals surface area contributed by atoms with Gasteiger partial charge in [-0.1, -0.05) is 13.0 Å². The van der Waals surface area contributed by atoms with Gasteiger partial charge in [-0.15, -0.1) is 0 Å². The lowest BCUT2D eigenvalue weighted by Gasteiger charge is -2.14. The molecule has 1 aliphatic carbocycles. The van der Waals surface area contributed by atoms with Crippen LogP contribution in [0.4, 0.5) is 0 Å². The molecule has 0 unspecified atom stereocenters. The molecule has 3 N–H and O–H groups in total. The second kappa shape index (κ2) is 6.92. The van der Waals surface area contributed by atoms with Gasteiger partial charge in [0.05, 0.1) is 6.04 Å². The highest BCUT2D eigenvalue weighted by molar-refractivity contribution is 5.38. The van der Waals surface area contributed by atoms with Crippen molar-refractivity contribution in [3.63, 3.8) is 0 Å². The van der Waals surface area contributed by atoms with Gasteiger partial charge in [0.15, 0.2) is 0 Å². The van der Waals surface area contributed by atoms with Crippen LogP contribution in [0.5, 0.6) is 5.75 Å². The van der Waals surface area contributed by atoms with Crippen LogP contribution >= 0.6 is 0 Å². The van der Waals surface area contributed by atoms with Gasteiger partial charge in [-0.3, -0.25) is 0 Å². The molecule has 0 aromatic heterocycles. The average Bonchev–Trinajstić information content (AvgIpc) is 2.89. The fourth-order valence-electron chi connectivity index (χ4n) is 2.45. The van der Waals surface area contributed by atoms with Gasteiger partial charge in [0.2, 0.25) is 0 Å². The summed E-state index contributed by atoms with van der Waals surface area (Å²) in [5.41, 5.74) is 2.87. The van der Waals surface area contributed by atoms with E-state index in [2.05, 4.69) is 31.3 Å². The summed E-state index contributed by atoms with van der Waals surface area (Å²) in [5, 5.41) is 12.1. The second-order valence-electron chi connectivity index (χ2n) is 5.61. The summed E-state index contributed by atoms with van der Waals surface area (Å²) in [6.07, 6.45) is 4.34. The number of aryl methyl sites for hydroxylation is 2. The first-order chi connectivity index (χ1) is 9.19. The van der Waals surface area contributed by atoms with E-state index >= 15 is 0 Å². The van der Waals surface area contributed by atoms with Crippen LogP contribution in [-0.2, 0) is 12.8 Å². The molecule has 3 nitrogen and oxygen atoms in total. The summed E-state index contributed by atoms with van der Waals surface area (Å²) >= 11 is 0. The monoisotopic (exact) mass is 264 g/mol. The zero-order valence-corrected chi connectivity index (χ0v) is 12.1. The number of hydrogen-bond acceptors (Lipinski definition) is 2. The first kappa shape index (κ1) is 14.4. The molecule has 1 aromatic rings. The molecule has 106 valence electrons. The first-order valence-corrected chi connectivity index (χ1v) is 7.45. The van der Waals surface area contributed by atoms with Crippen molar-refractivity contribution in [1.29, 1.82) is 0 Å². The van der Waals surface area contributed by atoms with Crippen LogP contribution in [0.2, 0.25) is 0 Å². The first-order valence-electron chi connectivity index (χ1n) is 7.45. The molecule has 0 saturated heterocycles. The SMILES string of the molecule is CC[C@@H](C)[NH2+]C[C@H](O)COc1ccc2c(c1)CCC2. The molecule has 0 saturated carbocycles. The lowest BCUT2D eigenvalue weighted by atomic mass is 10.1. The van der Waals surface area contributed by atoms with Gasteiger partial charge < -0.3 is 15.2 Å². The molecule has 0 fully saturated rings. The Bertz CT molecular complexity index is 406. The van der Waals surface area contributed by atoms with E-state index in [-0.39, 0.29) is 0 Å². The van der Waals surface area contributed by atoms with E-state index in [0.29, 0.717) is 19.2 Å². The predicted molar refractivity (Wildman–Crippen MR) is 76.5 cm³/mol. The normalized spacial score (nSPS) is 17.0. The van der Waals surface area contributed by atoms with E-state index in [1.165, 1.54) is 24.0 Å². The standard InChI is InChI=1S/C16H25NO2/c1-3-12(2)17-10-15(18)11-19-16-8-7-13-5-4-6-14(13)9-16/h7-9,12,15,17-18H,3-6,10-11H2,1-2H3/p+1/t12-,15+/m1/s1. The Morgan fingerprint density at radius 1 is 1.32 bits per heavy atom. The fraction of sp³-hybridized carbons (Fsp3) is 0.625. The predicted octanol–water partition coefficient (Wildman–Crippen LogP) is 1.28. The topological polar surface area (TPSA) is 46.1 Å². The lowest BCUT2D eigenvalue weighted by Crippen LogP contribution is -2.91. The van der Waals surface area contributed by atoms with Gasteiger partial charge in [-0.05, 0) is 55.9 Å². The minimum atomic E-state index is -0.401. The van der Waals surface area contributed by atoms with Crippen molar-refractivity contribution < 1.29 is 15.2 Å². The molecule has 0 aliphatic heterocycles. The van der Waals surface area contributed by atoms with Crippen molar-refractivity contribution in [3.8, 4) is 5.75 Å². The zero-order chi connectivity index (χ0) is 13.7. The highest BCUT2D eigenvalue weighted by Crippen LogP contribution is 2.25. The smallest absolute Gasteiger partial charge is 0.137 e. The average molecular weight is 264 g/mol. The fourth-order valence-corrected chi connectivity index (χ4v) is 2.45. The van der Waals surface area contributed by atoms with Gasteiger partial charge >= 0.3 is 0 Å². The summed E-state index contributed by atoms with van der Waals surface area (Å²) in [6.45, 7) is 5.42. The van der Waals surface area contributed by atoms with E-state index < -0.39 is 6.10 Å². The van der Waals surface area contributed by atoms with E-state index in [0.717, 1.165) is 18.6 Å². The Balaban J connectivity index is 1.75. The third kappa shape index (κ3) is 4.22. The number of aliphatic hydroxyl groups is 1. The van der Waals surface area contributed by atoms with E-state index in [4.69, 9.17) is 4.74 Å². The largest absolute Gasteiger partial charge is 0.491 e. The highest BCUT2D eigenvalue weighted by Gasteiger charge is 2.13. The Kier molecular flexibility index (Phi) is 5.23. The molecule has 2 rings (SSSR count). The lowest BCUT2D eigenvalue weighted by molar-refractivity contribution is -0.691. The molecular weight excluding hydrogens is 238 g/mol.